The standard InChI is InChI=1S/C14H17N3O2S/c1-10-4-3-5-11(8-10)17(2)12-6-7-14(13(15)9-12)20(16,18)19/h3-9H,15H2,1-2H3,(H2,16,18,19). The third-order valence-corrected chi connectivity index (χ3v) is 4.06. The fourth-order valence-corrected chi connectivity index (χ4v) is 2.63. The average molecular weight is 291 g/mol. The normalized spacial score (nSPS) is 11.3. The minimum Gasteiger partial charge on any atom is -0.398 e. The lowest BCUT2D eigenvalue weighted by Gasteiger charge is -2.21. The molecule has 0 atom stereocenters. The van der Waals surface area contributed by atoms with E-state index < -0.39 is 10.0 Å². The second kappa shape index (κ2) is 5.15. The molecule has 4 N–H and O–H groups in total. The number of sulfonamides is 1. The molecule has 0 fully saturated rings. The van der Waals surface area contributed by atoms with Gasteiger partial charge >= 0.3 is 0 Å². The molecule has 0 aromatic heterocycles. The molecular formula is C14H17N3O2S. The van der Waals surface area contributed by atoms with Crippen LogP contribution in [0.3, 0.4) is 0 Å². The molecule has 0 unspecified atom stereocenters. The van der Waals surface area contributed by atoms with Gasteiger partial charge in [-0.25, -0.2) is 13.6 Å². The van der Waals surface area contributed by atoms with E-state index in [2.05, 4.69) is 0 Å². The van der Waals surface area contributed by atoms with Crippen LogP contribution in [0.1, 0.15) is 5.56 Å². The van der Waals surface area contributed by atoms with Gasteiger partial charge in [0.1, 0.15) is 4.90 Å². The van der Waals surface area contributed by atoms with Gasteiger partial charge in [-0.2, -0.15) is 0 Å². The van der Waals surface area contributed by atoms with E-state index in [1.54, 1.807) is 12.1 Å². The number of rotatable bonds is 3. The van der Waals surface area contributed by atoms with Gasteiger partial charge in [-0.05, 0) is 42.8 Å². The first-order chi connectivity index (χ1) is 9.29. The maximum Gasteiger partial charge on any atom is 0.240 e. The van der Waals surface area contributed by atoms with Crippen LogP contribution in [0.2, 0.25) is 0 Å². The van der Waals surface area contributed by atoms with E-state index in [0.717, 1.165) is 16.9 Å². The van der Waals surface area contributed by atoms with Crippen molar-refractivity contribution in [2.45, 2.75) is 11.8 Å². The van der Waals surface area contributed by atoms with Crippen molar-refractivity contribution in [3.8, 4) is 0 Å². The summed E-state index contributed by atoms with van der Waals surface area (Å²) in [6, 6.07) is 12.7. The Kier molecular flexibility index (Phi) is 3.69. The molecule has 2 aromatic carbocycles. The molecule has 5 nitrogen and oxygen atoms in total. The molecule has 0 spiro atoms. The van der Waals surface area contributed by atoms with Crippen molar-refractivity contribution in [1.29, 1.82) is 0 Å². The maximum atomic E-state index is 11.3. The molecule has 106 valence electrons. The Bertz CT molecular complexity index is 742. The summed E-state index contributed by atoms with van der Waals surface area (Å²) in [5.74, 6) is 0. The first-order valence-corrected chi connectivity index (χ1v) is 7.56. The summed E-state index contributed by atoms with van der Waals surface area (Å²) in [6.45, 7) is 2.01. The van der Waals surface area contributed by atoms with Crippen LogP contribution in [0.4, 0.5) is 17.1 Å². The number of nitrogens with two attached hydrogens (primary N) is 2. The monoisotopic (exact) mass is 291 g/mol. The molecule has 0 aliphatic heterocycles. The largest absolute Gasteiger partial charge is 0.398 e. The number of aryl methyl sites for hydroxylation is 1. The van der Waals surface area contributed by atoms with E-state index >= 15 is 0 Å². The zero-order valence-corrected chi connectivity index (χ0v) is 12.2. The summed E-state index contributed by atoms with van der Waals surface area (Å²) in [5.41, 5.74) is 8.84. The number of benzene rings is 2. The van der Waals surface area contributed by atoms with Gasteiger partial charge in [-0.3, -0.25) is 0 Å². The topological polar surface area (TPSA) is 89.4 Å². The van der Waals surface area contributed by atoms with Crippen LogP contribution in [0.15, 0.2) is 47.4 Å². The lowest BCUT2D eigenvalue weighted by Crippen LogP contribution is -2.15. The Hall–Kier alpha value is -2.05. The highest BCUT2D eigenvalue weighted by Gasteiger charge is 2.14. The summed E-state index contributed by atoms with van der Waals surface area (Å²) < 4.78 is 22.7. The summed E-state index contributed by atoms with van der Waals surface area (Å²) in [4.78, 5) is 1.87. The molecular weight excluding hydrogens is 274 g/mol. The number of nitrogens with zero attached hydrogens (tertiary/aromatic N) is 1. The van der Waals surface area contributed by atoms with Gasteiger partial charge in [-0.1, -0.05) is 12.1 Å². The van der Waals surface area contributed by atoms with E-state index in [1.165, 1.54) is 6.07 Å². The van der Waals surface area contributed by atoms with Crippen molar-refractivity contribution in [1.82, 2.24) is 0 Å². The summed E-state index contributed by atoms with van der Waals surface area (Å²) in [5, 5.41) is 5.09. The lowest BCUT2D eigenvalue weighted by molar-refractivity contribution is 0.598. The van der Waals surface area contributed by atoms with Crippen molar-refractivity contribution in [3.63, 3.8) is 0 Å². The van der Waals surface area contributed by atoms with E-state index in [4.69, 9.17) is 10.9 Å². The smallest absolute Gasteiger partial charge is 0.240 e. The molecule has 6 heteroatoms. The first-order valence-electron chi connectivity index (χ1n) is 6.02. The van der Waals surface area contributed by atoms with E-state index in [-0.39, 0.29) is 10.6 Å². The maximum absolute atomic E-state index is 11.3. The van der Waals surface area contributed by atoms with Crippen LogP contribution in [0.5, 0.6) is 0 Å². The fraction of sp³-hybridized carbons (Fsp3) is 0.143. The highest BCUT2D eigenvalue weighted by Crippen LogP contribution is 2.28. The average Bonchev–Trinajstić information content (AvgIpc) is 2.36. The predicted molar refractivity (Wildman–Crippen MR) is 81.5 cm³/mol. The Morgan fingerprint density at radius 2 is 1.70 bits per heavy atom. The number of primary sulfonamides is 1. The van der Waals surface area contributed by atoms with Gasteiger partial charge in [0, 0.05) is 18.4 Å². The number of anilines is 3. The van der Waals surface area contributed by atoms with Crippen LogP contribution in [-0.4, -0.2) is 15.5 Å². The highest BCUT2D eigenvalue weighted by molar-refractivity contribution is 7.89. The van der Waals surface area contributed by atoms with Crippen molar-refractivity contribution in [2.75, 3.05) is 17.7 Å². The molecule has 0 saturated heterocycles. The second-order valence-electron chi connectivity index (χ2n) is 4.67. The molecule has 0 heterocycles. The molecule has 0 bridgehead atoms. The third kappa shape index (κ3) is 2.92. The van der Waals surface area contributed by atoms with Crippen molar-refractivity contribution >= 4 is 27.1 Å². The van der Waals surface area contributed by atoms with Gasteiger partial charge in [0.2, 0.25) is 10.0 Å². The number of hydrogen-bond acceptors (Lipinski definition) is 4. The molecule has 20 heavy (non-hydrogen) atoms. The lowest BCUT2D eigenvalue weighted by atomic mass is 10.2. The van der Waals surface area contributed by atoms with Gasteiger partial charge in [0.05, 0.1) is 5.69 Å². The van der Waals surface area contributed by atoms with Gasteiger partial charge < -0.3 is 10.6 Å². The first kappa shape index (κ1) is 14.4. The van der Waals surface area contributed by atoms with E-state index in [1.807, 2.05) is 43.1 Å². The Morgan fingerprint density at radius 3 is 2.25 bits per heavy atom. The molecule has 2 aromatic rings. The van der Waals surface area contributed by atoms with Crippen LogP contribution >= 0.6 is 0 Å². The molecule has 0 aliphatic rings. The van der Waals surface area contributed by atoms with Crippen LogP contribution < -0.4 is 15.8 Å². The zero-order chi connectivity index (χ0) is 14.9. The Labute approximate surface area is 118 Å². The summed E-state index contributed by atoms with van der Waals surface area (Å²) in [7, 11) is -1.90. The number of nitrogen functional groups attached to an aromatic ring is 1. The zero-order valence-electron chi connectivity index (χ0n) is 11.4. The Balaban J connectivity index is 2.42. The Morgan fingerprint density at radius 1 is 1.05 bits per heavy atom. The van der Waals surface area contributed by atoms with Crippen molar-refractivity contribution in [3.05, 3.63) is 48.0 Å². The fourth-order valence-electron chi connectivity index (χ4n) is 1.99. The molecule has 0 radical (unpaired) electrons. The van der Waals surface area contributed by atoms with E-state index in [0.29, 0.717) is 0 Å². The highest BCUT2D eigenvalue weighted by atomic mass is 32.2. The number of hydrogen-bond donors (Lipinski definition) is 2. The SMILES string of the molecule is Cc1cccc(N(C)c2ccc(S(N)(=O)=O)c(N)c2)c1. The second-order valence-corrected chi connectivity index (χ2v) is 6.20. The van der Waals surface area contributed by atoms with Gasteiger partial charge in [0.25, 0.3) is 0 Å². The predicted octanol–water partition coefficient (Wildman–Crippen LogP) is 1.99. The molecule has 0 aliphatic carbocycles. The van der Waals surface area contributed by atoms with Gasteiger partial charge in [0.15, 0.2) is 0 Å². The van der Waals surface area contributed by atoms with Crippen LogP contribution in [0.25, 0.3) is 0 Å². The van der Waals surface area contributed by atoms with Gasteiger partial charge in [-0.15, -0.1) is 0 Å². The molecule has 2 rings (SSSR count). The summed E-state index contributed by atoms with van der Waals surface area (Å²) in [6.07, 6.45) is 0. The quantitative estimate of drug-likeness (QED) is 0.846. The van der Waals surface area contributed by atoms with Crippen LogP contribution in [0, 0.1) is 6.92 Å². The minimum absolute atomic E-state index is 0.0566. The van der Waals surface area contributed by atoms with Crippen molar-refractivity contribution in [2.24, 2.45) is 5.14 Å². The van der Waals surface area contributed by atoms with Crippen LogP contribution in [-0.2, 0) is 10.0 Å². The molecule has 0 saturated carbocycles. The van der Waals surface area contributed by atoms with Crippen molar-refractivity contribution < 1.29 is 8.42 Å². The van der Waals surface area contributed by atoms with E-state index in [9.17, 15) is 8.42 Å². The summed E-state index contributed by atoms with van der Waals surface area (Å²) >= 11 is 0. The minimum atomic E-state index is -3.79. The third-order valence-electron chi connectivity index (χ3n) is 3.08. The molecule has 0 amide bonds.